The highest BCUT2D eigenvalue weighted by Gasteiger charge is 2.23. The van der Waals surface area contributed by atoms with E-state index in [1.165, 1.54) is 10.7 Å². The number of aryl methyl sites for hydroxylation is 1. The van der Waals surface area contributed by atoms with Gasteiger partial charge in [-0.1, -0.05) is 0 Å². The number of anilines is 1. The lowest BCUT2D eigenvalue weighted by molar-refractivity contribution is -0.132. The lowest BCUT2D eigenvalue weighted by atomic mass is 10.1. The van der Waals surface area contributed by atoms with Gasteiger partial charge in [0.15, 0.2) is 5.82 Å². The van der Waals surface area contributed by atoms with Gasteiger partial charge in [0.1, 0.15) is 12.3 Å². The van der Waals surface area contributed by atoms with Crippen molar-refractivity contribution in [1.82, 2.24) is 24.9 Å². The number of aromatic nitrogens is 4. The summed E-state index contributed by atoms with van der Waals surface area (Å²) < 4.78 is 6.40. The molecule has 1 saturated heterocycles. The first-order valence-corrected chi connectivity index (χ1v) is 10.1. The van der Waals surface area contributed by atoms with Gasteiger partial charge in [0.25, 0.3) is 5.56 Å². The van der Waals surface area contributed by atoms with Crippen LogP contribution in [-0.2, 0) is 11.3 Å². The van der Waals surface area contributed by atoms with E-state index >= 15 is 0 Å². The number of amides is 1. The Kier molecular flexibility index (Phi) is 5.92. The van der Waals surface area contributed by atoms with E-state index in [1.54, 1.807) is 25.0 Å². The first-order valence-electron chi connectivity index (χ1n) is 10.1. The van der Waals surface area contributed by atoms with Gasteiger partial charge in [-0.2, -0.15) is 5.10 Å². The molecular formula is C22H24N6O3. The quantitative estimate of drug-likeness (QED) is 0.615. The van der Waals surface area contributed by atoms with Gasteiger partial charge >= 0.3 is 0 Å². The molecule has 0 atom stereocenters. The topological polar surface area (TPSA) is 93.5 Å². The van der Waals surface area contributed by atoms with Gasteiger partial charge in [0.2, 0.25) is 5.91 Å². The van der Waals surface area contributed by atoms with Crippen LogP contribution in [0.2, 0.25) is 0 Å². The van der Waals surface area contributed by atoms with E-state index in [4.69, 9.17) is 4.74 Å². The number of hydrogen-bond donors (Lipinski definition) is 0. The predicted molar refractivity (Wildman–Crippen MR) is 116 cm³/mol. The third kappa shape index (κ3) is 4.71. The first-order chi connectivity index (χ1) is 15.0. The standard InChI is InChI=1S/C22H24N6O3/c1-16-3-10-21(29)28(25-16)15-22(30)27-13-11-26(12-14-27)20-9-8-19(23-24-20)17-4-6-18(31-2)7-5-17/h3-10H,11-15H2,1-2H3. The highest BCUT2D eigenvalue weighted by atomic mass is 16.5. The minimum atomic E-state index is -0.273. The second-order valence-electron chi connectivity index (χ2n) is 7.34. The molecule has 0 spiro atoms. The zero-order valence-corrected chi connectivity index (χ0v) is 17.6. The zero-order valence-electron chi connectivity index (χ0n) is 17.6. The van der Waals surface area contributed by atoms with Crippen LogP contribution >= 0.6 is 0 Å². The smallest absolute Gasteiger partial charge is 0.267 e. The Hall–Kier alpha value is -3.75. The number of piperazine rings is 1. The number of nitrogens with zero attached hydrogens (tertiary/aromatic N) is 6. The fourth-order valence-electron chi connectivity index (χ4n) is 3.49. The fraction of sp³-hybridized carbons (Fsp3) is 0.318. The van der Waals surface area contributed by atoms with E-state index in [2.05, 4.69) is 20.2 Å². The third-order valence-electron chi connectivity index (χ3n) is 5.28. The average molecular weight is 420 g/mol. The third-order valence-corrected chi connectivity index (χ3v) is 5.28. The maximum absolute atomic E-state index is 12.6. The Bertz CT molecular complexity index is 1100. The lowest BCUT2D eigenvalue weighted by Gasteiger charge is -2.35. The molecule has 0 N–H and O–H groups in total. The minimum absolute atomic E-state index is 0.0448. The molecule has 3 heterocycles. The van der Waals surface area contributed by atoms with Crippen LogP contribution in [-0.4, -0.2) is 64.1 Å². The van der Waals surface area contributed by atoms with Crippen molar-refractivity contribution >= 4 is 11.7 Å². The molecule has 3 aromatic rings. The second-order valence-corrected chi connectivity index (χ2v) is 7.34. The molecule has 4 rings (SSSR count). The van der Waals surface area contributed by atoms with Gasteiger partial charge in [-0.05, 0) is 49.4 Å². The average Bonchev–Trinajstić information content (AvgIpc) is 2.82. The molecule has 0 radical (unpaired) electrons. The number of methoxy groups -OCH3 is 1. The van der Waals surface area contributed by atoms with Crippen molar-refractivity contribution in [2.75, 3.05) is 38.2 Å². The van der Waals surface area contributed by atoms with Crippen molar-refractivity contribution in [2.24, 2.45) is 0 Å². The predicted octanol–water partition coefficient (Wildman–Crippen LogP) is 1.37. The number of benzene rings is 1. The molecule has 2 aromatic heterocycles. The van der Waals surface area contributed by atoms with Gasteiger partial charge in [0.05, 0.1) is 18.5 Å². The molecule has 160 valence electrons. The molecule has 0 saturated carbocycles. The van der Waals surface area contributed by atoms with E-state index < -0.39 is 0 Å². The van der Waals surface area contributed by atoms with Crippen molar-refractivity contribution < 1.29 is 9.53 Å². The van der Waals surface area contributed by atoms with Crippen molar-refractivity contribution in [3.05, 3.63) is 64.6 Å². The number of rotatable bonds is 5. The molecule has 1 amide bonds. The molecule has 31 heavy (non-hydrogen) atoms. The molecule has 0 bridgehead atoms. The summed E-state index contributed by atoms with van der Waals surface area (Å²) in [6.07, 6.45) is 0. The monoisotopic (exact) mass is 420 g/mol. The summed E-state index contributed by atoms with van der Waals surface area (Å²) >= 11 is 0. The molecule has 1 fully saturated rings. The molecule has 1 aliphatic heterocycles. The van der Waals surface area contributed by atoms with Crippen LogP contribution in [0.5, 0.6) is 5.75 Å². The number of hydrogen-bond acceptors (Lipinski definition) is 7. The summed E-state index contributed by atoms with van der Waals surface area (Å²) in [5.74, 6) is 1.46. The maximum atomic E-state index is 12.6. The summed E-state index contributed by atoms with van der Waals surface area (Å²) in [6, 6.07) is 14.6. The first kappa shape index (κ1) is 20.5. The summed E-state index contributed by atoms with van der Waals surface area (Å²) in [5, 5.41) is 12.8. The van der Waals surface area contributed by atoms with E-state index in [9.17, 15) is 9.59 Å². The maximum Gasteiger partial charge on any atom is 0.267 e. The molecular weight excluding hydrogens is 396 g/mol. The molecule has 1 aromatic carbocycles. The summed E-state index contributed by atoms with van der Waals surface area (Å²) in [4.78, 5) is 28.3. The highest BCUT2D eigenvalue weighted by molar-refractivity contribution is 5.76. The Labute approximate surface area is 179 Å². The van der Waals surface area contributed by atoms with Crippen molar-refractivity contribution in [2.45, 2.75) is 13.5 Å². The second kappa shape index (κ2) is 8.95. The number of ether oxygens (including phenoxy) is 1. The van der Waals surface area contributed by atoms with E-state index in [0.717, 1.165) is 22.8 Å². The number of carbonyl (C=O) groups is 1. The van der Waals surface area contributed by atoms with Gasteiger partial charge in [0, 0.05) is 37.8 Å². The largest absolute Gasteiger partial charge is 0.497 e. The van der Waals surface area contributed by atoms with Crippen LogP contribution in [0.4, 0.5) is 5.82 Å². The Morgan fingerprint density at radius 3 is 2.35 bits per heavy atom. The number of carbonyl (C=O) groups excluding carboxylic acids is 1. The zero-order chi connectivity index (χ0) is 21.8. The van der Waals surface area contributed by atoms with Crippen molar-refractivity contribution in [3.8, 4) is 17.0 Å². The normalized spacial score (nSPS) is 13.9. The summed E-state index contributed by atoms with van der Waals surface area (Å²) in [6.45, 7) is 4.16. The Morgan fingerprint density at radius 2 is 1.71 bits per heavy atom. The molecule has 1 aliphatic rings. The Balaban J connectivity index is 1.35. The van der Waals surface area contributed by atoms with Crippen LogP contribution in [0.1, 0.15) is 5.69 Å². The van der Waals surface area contributed by atoms with Crippen LogP contribution in [0, 0.1) is 6.92 Å². The van der Waals surface area contributed by atoms with Crippen LogP contribution in [0.25, 0.3) is 11.3 Å². The SMILES string of the molecule is COc1ccc(-c2ccc(N3CCN(C(=O)Cn4nc(C)ccc4=O)CC3)nn2)cc1. The van der Waals surface area contributed by atoms with Gasteiger partial charge in [-0.15, -0.1) is 10.2 Å². The van der Waals surface area contributed by atoms with Crippen LogP contribution in [0.3, 0.4) is 0 Å². The fourth-order valence-corrected chi connectivity index (χ4v) is 3.49. The van der Waals surface area contributed by atoms with E-state index in [0.29, 0.717) is 31.9 Å². The molecule has 9 heteroatoms. The molecule has 9 nitrogen and oxygen atoms in total. The molecule has 0 unspecified atom stereocenters. The van der Waals surface area contributed by atoms with Crippen LogP contribution in [0.15, 0.2) is 53.3 Å². The summed E-state index contributed by atoms with van der Waals surface area (Å²) in [5.41, 5.74) is 2.19. The van der Waals surface area contributed by atoms with Crippen molar-refractivity contribution in [1.29, 1.82) is 0 Å². The highest BCUT2D eigenvalue weighted by Crippen LogP contribution is 2.22. The van der Waals surface area contributed by atoms with Crippen LogP contribution < -0.4 is 15.2 Å². The van der Waals surface area contributed by atoms with E-state index in [1.807, 2.05) is 36.4 Å². The van der Waals surface area contributed by atoms with Gasteiger partial charge in [-0.25, -0.2) is 4.68 Å². The molecule has 0 aliphatic carbocycles. The van der Waals surface area contributed by atoms with E-state index in [-0.39, 0.29) is 18.0 Å². The minimum Gasteiger partial charge on any atom is -0.497 e. The van der Waals surface area contributed by atoms with Gasteiger partial charge < -0.3 is 14.5 Å². The van der Waals surface area contributed by atoms with Gasteiger partial charge in [-0.3, -0.25) is 9.59 Å². The lowest BCUT2D eigenvalue weighted by Crippen LogP contribution is -2.50. The Morgan fingerprint density at radius 1 is 0.968 bits per heavy atom. The van der Waals surface area contributed by atoms with Crippen molar-refractivity contribution in [3.63, 3.8) is 0 Å². The summed E-state index contributed by atoms with van der Waals surface area (Å²) in [7, 11) is 1.64.